The molecule has 1 amide bonds. The highest BCUT2D eigenvalue weighted by Crippen LogP contribution is 2.12. The molecule has 0 radical (unpaired) electrons. The molecule has 1 N–H and O–H groups in total. The predicted octanol–water partition coefficient (Wildman–Crippen LogP) is 1.61. The fourth-order valence-corrected chi connectivity index (χ4v) is 2.05. The smallest absolute Gasteiger partial charge is 0.240 e. The zero-order chi connectivity index (χ0) is 12.7. The van der Waals surface area contributed by atoms with Crippen LogP contribution in [-0.4, -0.2) is 43.3 Å². The first kappa shape index (κ1) is 14.5. The van der Waals surface area contributed by atoms with Crippen LogP contribution >= 0.6 is 0 Å². The van der Waals surface area contributed by atoms with Crippen molar-refractivity contribution < 1.29 is 9.53 Å². The van der Waals surface area contributed by atoms with Crippen LogP contribution in [0.15, 0.2) is 0 Å². The standard InChI is InChI=1S/C13H26N2O2/c1-4-7-17-8-5-6-15-10-14-12(13(15)16)9-11(2)3/h11-12,14H,4-10H2,1-3H3. The number of amides is 1. The van der Waals surface area contributed by atoms with Crippen molar-refractivity contribution in [1.82, 2.24) is 10.2 Å². The summed E-state index contributed by atoms with van der Waals surface area (Å²) in [4.78, 5) is 13.9. The minimum Gasteiger partial charge on any atom is -0.381 e. The van der Waals surface area contributed by atoms with Crippen molar-refractivity contribution in [3.8, 4) is 0 Å². The Balaban J connectivity index is 2.16. The van der Waals surface area contributed by atoms with Gasteiger partial charge in [-0.15, -0.1) is 0 Å². The minimum absolute atomic E-state index is 0.0339. The maximum absolute atomic E-state index is 12.0. The molecule has 1 aliphatic rings. The number of carbonyl (C=O) groups is 1. The molecule has 1 atom stereocenters. The molecule has 0 saturated carbocycles. The molecule has 1 saturated heterocycles. The van der Waals surface area contributed by atoms with Crippen molar-refractivity contribution in [2.75, 3.05) is 26.4 Å². The van der Waals surface area contributed by atoms with Crippen LogP contribution in [0.4, 0.5) is 0 Å². The second-order valence-electron chi connectivity index (χ2n) is 5.11. The molecule has 1 aliphatic heterocycles. The molecule has 100 valence electrons. The van der Waals surface area contributed by atoms with Gasteiger partial charge in [0, 0.05) is 19.8 Å². The number of ether oxygens (including phenoxy) is 1. The Morgan fingerprint density at radius 1 is 1.47 bits per heavy atom. The number of nitrogens with zero attached hydrogens (tertiary/aromatic N) is 1. The van der Waals surface area contributed by atoms with Crippen LogP contribution in [-0.2, 0) is 9.53 Å². The van der Waals surface area contributed by atoms with E-state index in [0.29, 0.717) is 12.6 Å². The second kappa shape index (κ2) is 7.67. The normalized spacial score (nSPS) is 20.6. The molecule has 1 rings (SSSR count). The van der Waals surface area contributed by atoms with Crippen LogP contribution in [0, 0.1) is 5.92 Å². The van der Waals surface area contributed by atoms with Gasteiger partial charge in [-0.2, -0.15) is 0 Å². The van der Waals surface area contributed by atoms with E-state index >= 15 is 0 Å². The fourth-order valence-electron chi connectivity index (χ4n) is 2.05. The third-order valence-electron chi connectivity index (χ3n) is 2.91. The Morgan fingerprint density at radius 3 is 2.88 bits per heavy atom. The summed E-state index contributed by atoms with van der Waals surface area (Å²) in [6.07, 6.45) is 2.92. The van der Waals surface area contributed by atoms with Crippen LogP contribution < -0.4 is 5.32 Å². The van der Waals surface area contributed by atoms with Gasteiger partial charge in [-0.1, -0.05) is 20.8 Å². The summed E-state index contributed by atoms with van der Waals surface area (Å²) >= 11 is 0. The van der Waals surface area contributed by atoms with Gasteiger partial charge in [0.25, 0.3) is 0 Å². The van der Waals surface area contributed by atoms with E-state index in [1.54, 1.807) is 0 Å². The largest absolute Gasteiger partial charge is 0.381 e. The zero-order valence-electron chi connectivity index (χ0n) is 11.4. The van der Waals surface area contributed by atoms with Crippen LogP contribution in [0.1, 0.15) is 40.0 Å². The number of hydrogen-bond donors (Lipinski definition) is 1. The summed E-state index contributed by atoms with van der Waals surface area (Å²) in [5.74, 6) is 0.818. The first-order valence-corrected chi connectivity index (χ1v) is 6.75. The van der Waals surface area contributed by atoms with E-state index in [2.05, 4.69) is 26.1 Å². The number of carbonyl (C=O) groups excluding carboxylic acids is 1. The van der Waals surface area contributed by atoms with Gasteiger partial charge < -0.3 is 9.64 Å². The van der Waals surface area contributed by atoms with Gasteiger partial charge in [-0.05, 0) is 25.2 Å². The molecule has 1 fully saturated rings. The van der Waals surface area contributed by atoms with Crippen molar-refractivity contribution >= 4 is 5.91 Å². The summed E-state index contributed by atoms with van der Waals surface area (Å²) in [5, 5.41) is 3.28. The maximum Gasteiger partial charge on any atom is 0.240 e. The van der Waals surface area contributed by atoms with Gasteiger partial charge in [0.15, 0.2) is 0 Å². The second-order valence-corrected chi connectivity index (χ2v) is 5.11. The molecule has 17 heavy (non-hydrogen) atoms. The highest BCUT2D eigenvalue weighted by Gasteiger charge is 2.30. The molecule has 0 aromatic heterocycles. The van der Waals surface area contributed by atoms with E-state index in [-0.39, 0.29) is 11.9 Å². The first-order valence-electron chi connectivity index (χ1n) is 6.75. The van der Waals surface area contributed by atoms with Gasteiger partial charge in [0.05, 0.1) is 12.7 Å². The first-order chi connectivity index (χ1) is 8.15. The quantitative estimate of drug-likeness (QED) is 0.657. The summed E-state index contributed by atoms with van der Waals surface area (Å²) in [6, 6.07) is 0.0339. The Morgan fingerprint density at radius 2 is 2.24 bits per heavy atom. The Kier molecular flexibility index (Phi) is 6.52. The molecule has 1 heterocycles. The van der Waals surface area contributed by atoms with E-state index in [1.165, 1.54) is 0 Å². The SMILES string of the molecule is CCCOCCCN1CNC(CC(C)C)C1=O. The average Bonchev–Trinajstić information content (AvgIpc) is 2.60. The molecule has 4 heteroatoms. The number of rotatable bonds is 8. The molecule has 0 aromatic rings. The molecule has 0 spiro atoms. The van der Waals surface area contributed by atoms with Gasteiger partial charge in [0.2, 0.25) is 5.91 Å². The van der Waals surface area contributed by atoms with E-state index in [0.717, 1.165) is 39.0 Å². The molecular weight excluding hydrogens is 216 g/mol. The van der Waals surface area contributed by atoms with E-state index < -0.39 is 0 Å². The Bertz CT molecular complexity index is 231. The Labute approximate surface area is 105 Å². The zero-order valence-corrected chi connectivity index (χ0v) is 11.4. The van der Waals surface area contributed by atoms with Crippen molar-refractivity contribution in [1.29, 1.82) is 0 Å². The lowest BCUT2D eigenvalue weighted by molar-refractivity contribution is -0.129. The molecule has 4 nitrogen and oxygen atoms in total. The molecular formula is C13H26N2O2. The molecule has 0 aromatic carbocycles. The van der Waals surface area contributed by atoms with Crippen LogP contribution in [0.5, 0.6) is 0 Å². The lowest BCUT2D eigenvalue weighted by Gasteiger charge is -2.15. The maximum atomic E-state index is 12.0. The summed E-state index contributed by atoms with van der Waals surface area (Å²) in [5.41, 5.74) is 0. The molecule has 1 unspecified atom stereocenters. The summed E-state index contributed by atoms with van der Waals surface area (Å²) in [7, 11) is 0. The van der Waals surface area contributed by atoms with E-state index in [9.17, 15) is 4.79 Å². The number of hydrogen-bond acceptors (Lipinski definition) is 3. The number of nitrogens with one attached hydrogen (secondary N) is 1. The topological polar surface area (TPSA) is 41.6 Å². The van der Waals surface area contributed by atoms with Gasteiger partial charge in [-0.3, -0.25) is 10.1 Å². The van der Waals surface area contributed by atoms with E-state index in [1.807, 2.05) is 4.90 Å². The Hall–Kier alpha value is -0.610. The van der Waals surface area contributed by atoms with Crippen LogP contribution in [0.25, 0.3) is 0 Å². The monoisotopic (exact) mass is 242 g/mol. The fraction of sp³-hybridized carbons (Fsp3) is 0.923. The summed E-state index contributed by atoms with van der Waals surface area (Å²) in [6.45, 7) is 9.49. The van der Waals surface area contributed by atoms with Gasteiger partial charge in [0.1, 0.15) is 0 Å². The minimum atomic E-state index is 0.0339. The molecule has 0 bridgehead atoms. The van der Waals surface area contributed by atoms with Crippen molar-refractivity contribution in [3.63, 3.8) is 0 Å². The van der Waals surface area contributed by atoms with Crippen LogP contribution in [0.2, 0.25) is 0 Å². The average molecular weight is 242 g/mol. The predicted molar refractivity (Wildman–Crippen MR) is 68.7 cm³/mol. The third-order valence-corrected chi connectivity index (χ3v) is 2.91. The van der Waals surface area contributed by atoms with Crippen molar-refractivity contribution in [2.45, 2.75) is 46.1 Å². The third kappa shape index (κ3) is 5.04. The van der Waals surface area contributed by atoms with Gasteiger partial charge >= 0.3 is 0 Å². The van der Waals surface area contributed by atoms with Crippen molar-refractivity contribution in [2.24, 2.45) is 5.92 Å². The summed E-state index contributed by atoms with van der Waals surface area (Å²) < 4.78 is 5.41. The lowest BCUT2D eigenvalue weighted by atomic mass is 10.0. The highest BCUT2D eigenvalue weighted by molar-refractivity contribution is 5.83. The highest BCUT2D eigenvalue weighted by atomic mass is 16.5. The van der Waals surface area contributed by atoms with E-state index in [4.69, 9.17) is 4.74 Å². The lowest BCUT2D eigenvalue weighted by Crippen LogP contribution is -2.32. The van der Waals surface area contributed by atoms with Gasteiger partial charge in [-0.25, -0.2) is 0 Å². The van der Waals surface area contributed by atoms with Crippen LogP contribution in [0.3, 0.4) is 0 Å². The van der Waals surface area contributed by atoms with Crippen molar-refractivity contribution in [3.05, 3.63) is 0 Å². The molecule has 0 aliphatic carbocycles.